The predicted octanol–water partition coefficient (Wildman–Crippen LogP) is -0.235. The van der Waals surface area contributed by atoms with Crippen molar-refractivity contribution in [3.05, 3.63) is 38.8 Å². The lowest BCUT2D eigenvalue weighted by Crippen LogP contribution is -2.21. The lowest BCUT2D eigenvalue weighted by Gasteiger charge is -2.05. The normalized spacial score (nSPS) is 10.3. The second-order valence-electron chi connectivity index (χ2n) is 3.01. The molecule has 16 heavy (non-hydrogen) atoms. The van der Waals surface area contributed by atoms with Crippen LogP contribution in [0.4, 0.5) is 5.69 Å². The van der Waals surface area contributed by atoms with E-state index in [-0.39, 0.29) is 37.6 Å². The molecule has 88 valence electrons. The average molecular weight is 228 g/mol. The number of hydrogen-bond acceptors (Lipinski definition) is 5. The van der Waals surface area contributed by atoms with Crippen LogP contribution in [0.1, 0.15) is 0 Å². The van der Waals surface area contributed by atoms with E-state index in [1.165, 1.54) is 10.8 Å². The first-order chi connectivity index (χ1) is 7.65. The van der Waals surface area contributed by atoms with E-state index in [4.69, 9.17) is 9.84 Å². The molecule has 0 aliphatic heterocycles. The maximum Gasteiger partial charge on any atom is 0.285 e. The maximum atomic E-state index is 11.3. The van der Waals surface area contributed by atoms with E-state index in [2.05, 4.69) is 0 Å². The van der Waals surface area contributed by atoms with Crippen LogP contribution in [0.2, 0.25) is 0 Å². The molecule has 0 aromatic carbocycles. The minimum absolute atomic E-state index is 0.0934. The van der Waals surface area contributed by atoms with Crippen molar-refractivity contribution in [1.29, 1.82) is 0 Å². The number of rotatable bonds is 6. The van der Waals surface area contributed by atoms with Gasteiger partial charge in [-0.2, -0.15) is 0 Å². The topological polar surface area (TPSA) is 94.6 Å². The summed E-state index contributed by atoms with van der Waals surface area (Å²) in [5.74, 6) is 0. The molecular weight excluding hydrogens is 216 g/mol. The van der Waals surface area contributed by atoms with Gasteiger partial charge in [0.25, 0.3) is 11.2 Å². The molecule has 0 unspecified atom stereocenters. The molecule has 0 bridgehead atoms. The fourth-order valence-corrected chi connectivity index (χ4v) is 1.13. The smallest absolute Gasteiger partial charge is 0.285 e. The summed E-state index contributed by atoms with van der Waals surface area (Å²) in [5, 5.41) is 18.9. The highest BCUT2D eigenvalue weighted by Gasteiger charge is 2.07. The average Bonchev–Trinajstić information content (AvgIpc) is 2.26. The Balaban J connectivity index is 2.67. The van der Waals surface area contributed by atoms with Crippen LogP contribution in [0.3, 0.4) is 0 Å². The molecule has 0 atom stereocenters. The molecule has 0 aliphatic rings. The number of aromatic nitrogens is 1. The van der Waals surface area contributed by atoms with Crippen LogP contribution < -0.4 is 5.56 Å². The van der Waals surface area contributed by atoms with Gasteiger partial charge in [-0.05, 0) is 0 Å². The van der Waals surface area contributed by atoms with Gasteiger partial charge in [0.2, 0.25) is 0 Å². The maximum absolute atomic E-state index is 11.3. The van der Waals surface area contributed by atoms with Crippen molar-refractivity contribution >= 4 is 5.69 Å². The molecule has 7 nitrogen and oxygen atoms in total. The van der Waals surface area contributed by atoms with Crippen LogP contribution in [0, 0.1) is 10.1 Å². The highest BCUT2D eigenvalue weighted by molar-refractivity contribution is 5.24. The summed E-state index contributed by atoms with van der Waals surface area (Å²) in [4.78, 5) is 21.2. The first-order valence-corrected chi connectivity index (χ1v) is 4.68. The Labute approximate surface area is 91.0 Å². The molecule has 0 spiro atoms. The van der Waals surface area contributed by atoms with Crippen molar-refractivity contribution in [2.24, 2.45) is 0 Å². The summed E-state index contributed by atoms with van der Waals surface area (Å²) in [6, 6.07) is 2.30. The number of aliphatic hydroxyl groups is 1. The van der Waals surface area contributed by atoms with E-state index in [9.17, 15) is 14.9 Å². The van der Waals surface area contributed by atoms with Crippen molar-refractivity contribution in [2.45, 2.75) is 6.54 Å². The van der Waals surface area contributed by atoms with Crippen LogP contribution in [0.15, 0.2) is 23.1 Å². The Hall–Kier alpha value is -1.73. The van der Waals surface area contributed by atoms with E-state index < -0.39 is 4.92 Å². The number of nitro groups is 1. The van der Waals surface area contributed by atoms with Gasteiger partial charge in [0.1, 0.15) is 0 Å². The minimum Gasteiger partial charge on any atom is -0.394 e. The number of ether oxygens (including phenoxy) is 1. The zero-order chi connectivity index (χ0) is 12.0. The summed E-state index contributed by atoms with van der Waals surface area (Å²) < 4.78 is 6.17. The van der Waals surface area contributed by atoms with Gasteiger partial charge in [-0.15, -0.1) is 0 Å². The molecule has 1 aromatic rings. The van der Waals surface area contributed by atoms with E-state index in [1.807, 2.05) is 0 Å². The molecule has 0 amide bonds. The van der Waals surface area contributed by atoms with Gasteiger partial charge < -0.3 is 14.4 Å². The number of nitrogens with zero attached hydrogens (tertiary/aromatic N) is 2. The molecule has 1 rings (SSSR count). The van der Waals surface area contributed by atoms with E-state index >= 15 is 0 Å². The summed E-state index contributed by atoms with van der Waals surface area (Å²) in [7, 11) is 0. The van der Waals surface area contributed by atoms with Gasteiger partial charge >= 0.3 is 0 Å². The molecule has 1 N–H and O–H groups in total. The van der Waals surface area contributed by atoms with Crippen molar-refractivity contribution in [2.75, 3.05) is 19.8 Å². The molecule has 0 saturated heterocycles. The van der Waals surface area contributed by atoms with Crippen LogP contribution in [-0.2, 0) is 11.3 Å². The monoisotopic (exact) mass is 228 g/mol. The zero-order valence-electron chi connectivity index (χ0n) is 8.54. The summed E-state index contributed by atoms with van der Waals surface area (Å²) in [5.41, 5.74) is -0.458. The third kappa shape index (κ3) is 3.44. The first-order valence-electron chi connectivity index (χ1n) is 4.68. The highest BCUT2D eigenvalue weighted by Crippen LogP contribution is 2.05. The van der Waals surface area contributed by atoms with Gasteiger partial charge in [0.05, 0.1) is 30.9 Å². The number of hydrogen-bond donors (Lipinski definition) is 1. The second-order valence-corrected chi connectivity index (χ2v) is 3.01. The Bertz CT molecular complexity index is 415. The third-order valence-electron chi connectivity index (χ3n) is 1.89. The molecular formula is C9H12N2O5. The Morgan fingerprint density at radius 2 is 2.19 bits per heavy atom. The molecule has 1 aromatic heterocycles. The molecule has 0 saturated carbocycles. The predicted molar refractivity (Wildman–Crippen MR) is 55.3 cm³/mol. The van der Waals surface area contributed by atoms with Crippen LogP contribution in [-0.4, -0.2) is 34.4 Å². The van der Waals surface area contributed by atoms with Crippen molar-refractivity contribution in [3.63, 3.8) is 0 Å². The van der Waals surface area contributed by atoms with E-state index in [0.29, 0.717) is 0 Å². The molecule has 1 heterocycles. The minimum atomic E-state index is -0.565. The largest absolute Gasteiger partial charge is 0.394 e. The lowest BCUT2D eigenvalue weighted by atomic mass is 10.4. The quantitative estimate of drug-likeness (QED) is 0.412. The molecule has 7 heteroatoms. The number of aliphatic hydroxyl groups excluding tert-OH is 1. The second kappa shape index (κ2) is 5.99. The fourth-order valence-electron chi connectivity index (χ4n) is 1.13. The molecule has 0 fully saturated rings. The van der Waals surface area contributed by atoms with Crippen molar-refractivity contribution in [1.82, 2.24) is 4.57 Å². The SMILES string of the molecule is O=c1ccc([N+](=O)[O-])cn1CCOCCO. The zero-order valence-corrected chi connectivity index (χ0v) is 8.54. The summed E-state index contributed by atoms with van der Waals surface area (Å²) in [6.07, 6.45) is 1.17. The van der Waals surface area contributed by atoms with Crippen LogP contribution in [0.5, 0.6) is 0 Å². The van der Waals surface area contributed by atoms with Gasteiger partial charge in [-0.3, -0.25) is 14.9 Å². The van der Waals surface area contributed by atoms with Gasteiger partial charge in [0, 0.05) is 18.7 Å². The molecule has 0 aliphatic carbocycles. The van der Waals surface area contributed by atoms with E-state index in [1.54, 1.807) is 0 Å². The highest BCUT2D eigenvalue weighted by atomic mass is 16.6. The first kappa shape index (κ1) is 12.3. The summed E-state index contributed by atoms with van der Waals surface area (Å²) in [6.45, 7) is 0.537. The Kier molecular flexibility index (Phi) is 4.62. The number of pyridine rings is 1. The Morgan fingerprint density at radius 1 is 1.44 bits per heavy atom. The fraction of sp³-hybridized carbons (Fsp3) is 0.444. The van der Waals surface area contributed by atoms with Crippen LogP contribution in [0.25, 0.3) is 0 Å². The van der Waals surface area contributed by atoms with Crippen LogP contribution >= 0.6 is 0 Å². The van der Waals surface area contributed by atoms with Gasteiger partial charge in [0.15, 0.2) is 0 Å². The third-order valence-corrected chi connectivity index (χ3v) is 1.89. The van der Waals surface area contributed by atoms with Crippen molar-refractivity contribution in [3.8, 4) is 0 Å². The summed E-state index contributed by atoms with van der Waals surface area (Å²) >= 11 is 0. The standard InChI is InChI=1S/C9H12N2O5/c12-4-6-16-5-3-10-7-8(11(14)15)1-2-9(10)13/h1-2,7,12H,3-6H2. The Morgan fingerprint density at radius 3 is 2.81 bits per heavy atom. The van der Waals surface area contributed by atoms with E-state index in [0.717, 1.165) is 12.1 Å². The molecule has 0 radical (unpaired) electrons. The van der Waals surface area contributed by atoms with Gasteiger partial charge in [-0.1, -0.05) is 0 Å². The lowest BCUT2D eigenvalue weighted by molar-refractivity contribution is -0.385. The van der Waals surface area contributed by atoms with Crippen molar-refractivity contribution < 1.29 is 14.8 Å². The van der Waals surface area contributed by atoms with Gasteiger partial charge in [-0.25, -0.2) is 0 Å².